The number of ketones is 1. The number of benzene rings is 2. The number of rotatable bonds is 4. The highest BCUT2D eigenvalue weighted by Gasteiger charge is 2.37. The number of Topliss-reactive ketones (excluding diaryl/α,β-unsaturated/α-hetero) is 1. The first-order valence-electron chi connectivity index (χ1n) is 10.5. The van der Waals surface area contributed by atoms with Crippen molar-refractivity contribution >= 4 is 28.3 Å². The molecule has 0 radical (unpaired) electrons. The standard InChI is InChI=1S/C25H27NO4/c1-6-16-10-8-9-14(3)22(16)26-24(28)23-15(4)20-18(29-23)11-12-19-21(20)17(27)13-25(5,7-2)30-19/h8-12H,6-7,13H2,1-5H3,(H,26,28)/t25-/m1/s1. The van der Waals surface area contributed by atoms with Crippen molar-refractivity contribution in [3.8, 4) is 5.75 Å². The van der Waals surface area contributed by atoms with Crippen LogP contribution in [0, 0.1) is 13.8 Å². The molecule has 1 aliphatic heterocycles. The largest absolute Gasteiger partial charge is 0.486 e. The van der Waals surface area contributed by atoms with Gasteiger partial charge in [-0.1, -0.05) is 32.0 Å². The SMILES string of the molecule is CCc1cccc(C)c1NC(=O)c1oc2ccc3c(c2c1C)C(=O)C[C@@](C)(CC)O3. The number of anilines is 1. The van der Waals surface area contributed by atoms with Gasteiger partial charge in [-0.15, -0.1) is 0 Å². The van der Waals surface area contributed by atoms with Crippen molar-refractivity contribution in [3.63, 3.8) is 0 Å². The van der Waals surface area contributed by atoms with Crippen LogP contribution in [0.1, 0.15) is 71.2 Å². The number of para-hydroxylation sites is 1. The molecular formula is C25H27NO4. The Balaban J connectivity index is 1.78. The van der Waals surface area contributed by atoms with Gasteiger partial charge in [0.25, 0.3) is 5.91 Å². The maximum absolute atomic E-state index is 13.1. The molecule has 0 spiro atoms. The molecule has 1 amide bonds. The van der Waals surface area contributed by atoms with Gasteiger partial charge in [0, 0.05) is 16.6 Å². The Hall–Kier alpha value is -3.08. The van der Waals surface area contributed by atoms with E-state index >= 15 is 0 Å². The van der Waals surface area contributed by atoms with Gasteiger partial charge in [-0.25, -0.2) is 0 Å². The lowest BCUT2D eigenvalue weighted by Gasteiger charge is -2.34. The highest BCUT2D eigenvalue weighted by atomic mass is 16.5. The van der Waals surface area contributed by atoms with Gasteiger partial charge in [0.05, 0.1) is 12.0 Å². The summed E-state index contributed by atoms with van der Waals surface area (Å²) in [6.45, 7) is 9.81. The van der Waals surface area contributed by atoms with Crippen LogP contribution >= 0.6 is 0 Å². The van der Waals surface area contributed by atoms with Gasteiger partial charge < -0.3 is 14.5 Å². The van der Waals surface area contributed by atoms with Crippen molar-refractivity contribution in [1.82, 2.24) is 0 Å². The normalized spacial score (nSPS) is 18.2. The van der Waals surface area contributed by atoms with Crippen LogP contribution in [0.3, 0.4) is 0 Å². The van der Waals surface area contributed by atoms with Crippen molar-refractivity contribution < 1.29 is 18.7 Å². The molecule has 0 aliphatic carbocycles. The average molecular weight is 405 g/mol. The zero-order chi connectivity index (χ0) is 21.6. The van der Waals surface area contributed by atoms with E-state index in [0.29, 0.717) is 34.3 Å². The van der Waals surface area contributed by atoms with E-state index in [0.717, 1.165) is 29.7 Å². The first kappa shape index (κ1) is 20.2. The molecule has 4 rings (SSSR count). The molecule has 30 heavy (non-hydrogen) atoms. The Kier molecular flexibility index (Phi) is 4.92. The predicted octanol–water partition coefficient (Wildman–Crippen LogP) is 6.00. The van der Waals surface area contributed by atoms with Crippen LogP contribution in [0.25, 0.3) is 11.0 Å². The van der Waals surface area contributed by atoms with Crippen molar-refractivity contribution in [1.29, 1.82) is 0 Å². The molecule has 0 unspecified atom stereocenters. The number of fused-ring (bicyclic) bond motifs is 3. The second kappa shape index (κ2) is 7.31. The quantitative estimate of drug-likeness (QED) is 0.578. The van der Waals surface area contributed by atoms with Gasteiger partial charge in [0.1, 0.15) is 16.9 Å². The molecule has 1 aliphatic rings. The van der Waals surface area contributed by atoms with E-state index in [4.69, 9.17) is 9.15 Å². The van der Waals surface area contributed by atoms with E-state index in [1.54, 1.807) is 12.1 Å². The second-order valence-electron chi connectivity index (χ2n) is 8.29. The first-order chi connectivity index (χ1) is 14.3. The van der Waals surface area contributed by atoms with Gasteiger partial charge in [0.15, 0.2) is 11.5 Å². The van der Waals surface area contributed by atoms with Crippen molar-refractivity contribution in [2.45, 2.75) is 59.5 Å². The van der Waals surface area contributed by atoms with Gasteiger partial charge in [0.2, 0.25) is 0 Å². The van der Waals surface area contributed by atoms with Crippen LogP contribution in [-0.4, -0.2) is 17.3 Å². The van der Waals surface area contributed by atoms with Crippen LogP contribution in [0.5, 0.6) is 5.75 Å². The summed E-state index contributed by atoms with van der Waals surface area (Å²) in [5.74, 6) is 0.490. The minimum atomic E-state index is -0.503. The molecule has 5 nitrogen and oxygen atoms in total. The Morgan fingerprint density at radius 2 is 1.93 bits per heavy atom. The number of amides is 1. The molecule has 156 valence electrons. The van der Waals surface area contributed by atoms with E-state index in [1.807, 2.05) is 45.9 Å². The Morgan fingerprint density at radius 3 is 2.63 bits per heavy atom. The summed E-state index contributed by atoms with van der Waals surface area (Å²) in [4.78, 5) is 26.1. The fourth-order valence-corrected chi connectivity index (χ4v) is 4.20. The number of carbonyl (C=O) groups excluding carboxylic acids is 2. The van der Waals surface area contributed by atoms with E-state index in [9.17, 15) is 9.59 Å². The van der Waals surface area contributed by atoms with Crippen LogP contribution in [0.15, 0.2) is 34.7 Å². The third-order valence-electron chi connectivity index (χ3n) is 6.16. The summed E-state index contributed by atoms with van der Waals surface area (Å²) in [7, 11) is 0. The molecule has 1 aromatic heterocycles. The molecule has 2 heterocycles. The molecule has 3 aromatic rings. The number of nitrogens with one attached hydrogen (secondary N) is 1. The summed E-state index contributed by atoms with van der Waals surface area (Å²) in [6.07, 6.45) is 1.86. The van der Waals surface area contributed by atoms with Crippen molar-refractivity contribution in [2.75, 3.05) is 5.32 Å². The second-order valence-corrected chi connectivity index (χ2v) is 8.29. The third-order valence-corrected chi connectivity index (χ3v) is 6.16. The van der Waals surface area contributed by atoms with Gasteiger partial charge in [-0.2, -0.15) is 0 Å². The Bertz CT molecular complexity index is 1170. The Labute approximate surface area is 176 Å². The zero-order valence-electron chi connectivity index (χ0n) is 18.1. The first-order valence-corrected chi connectivity index (χ1v) is 10.5. The zero-order valence-corrected chi connectivity index (χ0v) is 18.1. The number of carbonyl (C=O) groups is 2. The maximum Gasteiger partial charge on any atom is 0.291 e. The maximum atomic E-state index is 13.1. The summed E-state index contributed by atoms with van der Waals surface area (Å²) < 4.78 is 12.1. The number of hydrogen-bond acceptors (Lipinski definition) is 4. The lowest BCUT2D eigenvalue weighted by Crippen LogP contribution is -2.38. The number of ether oxygens (including phenoxy) is 1. The van der Waals surface area contributed by atoms with Crippen LogP contribution in [0.2, 0.25) is 0 Å². The van der Waals surface area contributed by atoms with E-state index in [1.165, 1.54) is 0 Å². The summed E-state index contributed by atoms with van der Waals surface area (Å²) in [5, 5.41) is 3.68. The summed E-state index contributed by atoms with van der Waals surface area (Å²) in [6, 6.07) is 9.50. The molecule has 5 heteroatoms. The molecular weight excluding hydrogens is 378 g/mol. The summed E-state index contributed by atoms with van der Waals surface area (Å²) >= 11 is 0. The van der Waals surface area contributed by atoms with Crippen LogP contribution in [-0.2, 0) is 6.42 Å². The highest BCUT2D eigenvalue weighted by molar-refractivity contribution is 6.15. The van der Waals surface area contributed by atoms with E-state index < -0.39 is 5.60 Å². The van der Waals surface area contributed by atoms with Crippen molar-refractivity contribution in [2.24, 2.45) is 0 Å². The lowest BCUT2D eigenvalue weighted by atomic mass is 9.87. The van der Waals surface area contributed by atoms with Gasteiger partial charge in [-0.05, 0) is 56.9 Å². The molecule has 1 N–H and O–H groups in total. The molecule has 0 bridgehead atoms. The molecule has 1 atom stereocenters. The lowest BCUT2D eigenvalue weighted by molar-refractivity contribution is 0.0503. The van der Waals surface area contributed by atoms with Gasteiger partial charge >= 0.3 is 0 Å². The van der Waals surface area contributed by atoms with Crippen LogP contribution in [0.4, 0.5) is 5.69 Å². The fraction of sp³-hybridized carbons (Fsp3) is 0.360. The van der Waals surface area contributed by atoms with E-state index in [-0.39, 0.29) is 17.5 Å². The van der Waals surface area contributed by atoms with Gasteiger partial charge in [-0.3, -0.25) is 9.59 Å². The number of furan rings is 1. The number of hydrogen-bond donors (Lipinski definition) is 1. The summed E-state index contributed by atoms with van der Waals surface area (Å²) in [5.41, 5.74) is 4.07. The predicted molar refractivity (Wildman–Crippen MR) is 118 cm³/mol. The number of aryl methyl sites for hydroxylation is 3. The highest BCUT2D eigenvalue weighted by Crippen LogP contribution is 2.41. The molecule has 0 saturated carbocycles. The monoisotopic (exact) mass is 405 g/mol. The topological polar surface area (TPSA) is 68.5 Å². The third kappa shape index (κ3) is 3.18. The molecule has 2 aromatic carbocycles. The van der Waals surface area contributed by atoms with Crippen molar-refractivity contribution in [3.05, 3.63) is 58.3 Å². The minimum Gasteiger partial charge on any atom is -0.486 e. The van der Waals surface area contributed by atoms with Crippen LogP contribution < -0.4 is 10.1 Å². The molecule has 0 saturated heterocycles. The smallest absolute Gasteiger partial charge is 0.291 e. The fourth-order valence-electron chi connectivity index (χ4n) is 4.20. The van der Waals surface area contributed by atoms with E-state index in [2.05, 4.69) is 12.2 Å². The Morgan fingerprint density at radius 1 is 1.17 bits per heavy atom. The minimum absolute atomic E-state index is 0.0224. The average Bonchev–Trinajstić information content (AvgIpc) is 3.06. The molecule has 0 fully saturated rings.